The second kappa shape index (κ2) is 7.94. The van der Waals surface area contributed by atoms with Gasteiger partial charge in [0.05, 0.1) is 11.6 Å². The van der Waals surface area contributed by atoms with E-state index in [0.717, 1.165) is 12.8 Å². The Hall–Kier alpha value is -1.50. The molecule has 0 aliphatic carbocycles. The summed E-state index contributed by atoms with van der Waals surface area (Å²) in [5, 5.41) is 0.480. The van der Waals surface area contributed by atoms with Gasteiger partial charge in [-0.2, -0.15) is 0 Å². The molecule has 1 amide bonds. The molecule has 0 saturated carbocycles. The normalized spacial score (nSPS) is 11.4. The van der Waals surface area contributed by atoms with E-state index in [1.807, 2.05) is 14.0 Å². The molecule has 20 heavy (non-hydrogen) atoms. The lowest BCUT2D eigenvalue weighted by atomic mass is 10.1. The Morgan fingerprint density at radius 3 is 2.75 bits per heavy atom. The molecule has 0 spiro atoms. The summed E-state index contributed by atoms with van der Waals surface area (Å²) in [4.78, 5) is 14.1. The standard InChI is InChI=1S/C16H21ClN2O/c1-4-6-12(2)19(3)16(20)14-9-8-13(7-5-10-18)15(17)11-14/h8-9,11-12H,4,6,10,18H2,1-3H3. The van der Waals surface area contributed by atoms with Gasteiger partial charge in [0.15, 0.2) is 0 Å². The van der Waals surface area contributed by atoms with Crippen molar-refractivity contribution in [1.29, 1.82) is 0 Å². The summed E-state index contributed by atoms with van der Waals surface area (Å²) in [7, 11) is 1.82. The molecule has 0 fully saturated rings. The van der Waals surface area contributed by atoms with E-state index in [1.54, 1.807) is 23.1 Å². The number of nitrogens with two attached hydrogens (primary N) is 1. The van der Waals surface area contributed by atoms with Crippen LogP contribution in [0.25, 0.3) is 0 Å². The molecule has 3 nitrogen and oxygen atoms in total. The molecule has 0 bridgehead atoms. The quantitative estimate of drug-likeness (QED) is 0.867. The van der Waals surface area contributed by atoms with Gasteiger partial charge in [0, 0.05) is 24.2 Å². The van der Waals surface area contributed by atoms with Crippen LogP contribution in [0, 0.1) is 11.8 Å². The number of hydrogen-bond donors (Lipinski definition) is 1. The molecule has 1 aromatic carbocycles. The summed E-state index contributed by atoms with van der Waals surface area (Å²) in [6.45, 7) is 4.44. The molecule has 2 N–H and O–H groups in total. The van der Waals surface area contributed by atoms with Crippen LogP contribution in [0.3, 0.4) is 0 Å². The van der Waals surface area contributed by atoms with Gasteiger partial charge in [-0.15, -0.1) is 0 Å². The molecule has 4 heteroatoms. The lowest BCUT2D eigenvalue weighted by Crippen LogP contribution is -2.34. The largest absolute Gasteiger partial charge is 0.339 e. The molecular formula is C16H21ClN2O. The summed E-state index contributed by atoms with van der Waals surface area (Å²) in [5.41, 5.74) is 6.60. The fourth-order valence-electron chi connectivity index (χ4n) is 1.91. The maximum atomic E-state index is 12.3. The first-order valence-electron chi connectivity index (χ1n) is 6.76. The van der Waals surface area contributed by atoms with Gasteiger partial charge in [-0.3, -0.25) is 4.79 Å². The van der Waals surface area contributed by atoms with E-state index in [9.17, 15) is 4.79 Å². The minimum atomic E-state index is -0.0221. The third kappa shape index (κ3) is 4.26. The summed E-state index contributed by atoms with van der Waals surface area (Å²) in [5.74, 6) is 5.61. The number of carbonyl (C=O) groups is 1. The molecule has 0 radical (unpaired) electrons. The van der Waals surface area contributed by atoms with Gasteiger partial charge in [-0.05, 0) is 31.5 Å². The van der Waals surface area contributed by atoms with Gasteiger partial charge in [0.2, 0.25) is 0 Å². The Bertz CT molecular complexity index is 531. The Balaban J connectivity index is 2.92. The minimum Gasteiger partial charge on any atom is -0.339 e. The zero-order valence-electron chi connectivity index (χ0n) is 12.2. The molecule has 1 rings (SSSR count). The van der Waals surface area contributed by atoms with Crippen molar-refractivity contribution in [3.8, 4) is 11.8 Å². The average molecular weight is 293 g/mol. The smallest absolute Gasteiger partial charge is 0.253 e. The van der Waals surface area contributed by atoms with Gasteiger partial charge < -0.3 is 10.6 Å². The Morgan fingerprint density at radius 1 is 1.50 bits per heavy atom. The summed E-state index contributed by atoms with van der Waals surface area (Å²) >= 11 is 6.14. The highest BCUT2D eigenvalue weighted by molar-refractivity contribution is 6.32. The molecule has 1 aromatic rings. The van der Waals surface area contributed by atoms with E-state index in [1.165, 1.54) is 0 Å². The molecular weight excluding hydrogens is 272 g/mol. The lowest BCUT2D eigenvalue weighted by molar-refractivity contribution is 0.0737. The van der Waals surface area contributed by atoms with Crippen LogP contribution in [0.4, 0.5) is 0 Å². The molecule has 0 heterocycles. The minimum absolute atomic E-state index is 0.0221. The van der Waals surface area contributed by atoms with Crippen molar-refractivity contribution in [2.24, 2.45) is 5.73 Å². The Morgan fingerprint density at radius 2 is 2.20 bits per heavy atom. The fourth-order valence-corrected chi connectivity index (χ4v) is 2.14. The highest BCUT2D eigenvalue weighted by atomic mass is 35.5. The van der Waals surface area contributed by atoms with E-state index in [0.29, 0.717) is 16.1 Å². The van der Waals surface area contributed by atoms with Crippen LogP contribution in [-0.2, 0) is 0 Å². The molecule has 1 unspecified atom stereocenters. The molecule has 0 aliphatic heterocycles. The van der Waals surface area contributed by atoms with E-state index in [2.05, 4.69) is 18.8 Å². The van der Waals surface area contributed by atoms with Gasteiger partial charge >= 0.3 is 0 Å². The molecule has 0 aliphatic rings. The molecule has 0 aromatic heterocycles. The third-order valence-electron chi connectivity index (χ3n) is 3.23. The number of carbonyl (C=O) groups excluding carboxylic acids is 1. The number of benzene rings is 1. The van der Waals surface area contributed by atoms with Gasteiger partial charge in [0.25, 0.3) is 5.91 Å². The summed E-state index contributed by atoms with van der Waals surface area (Å²) in [6, 6.07) is 5.39. The molecule has 1 atom stereocenters. The summed E-state index contributed by atoms with van der Waals surface area (Å²) < 4.78 is 0. The SMILES string of the molecule is CCCC(C)N(C)C(=O)c1ccc(C#CCN)c(Cl)c1. The molecule has 0 saturated heterocycles. The number of hydrogen-bond acceptors (Lipinski definition) is 2. The fraction of sp³-hybridized carbons (Fsp3) is 0.438. The number of halogens is 1. The maximum Gasteiger partial charge on any atom is 0.253 e. The first kappa shape index (κ1) is 16.6. The van der Waals surface area contributed by atoms with E-state index < -0.39 is 0 Å². The van der Waals surface area contributed by atoms with Crippen molar-refractivity contribution in [3.63, 3.8) is 0 Å². The second-order valence-corrected chi connectivity index (χ2v) is 5.16. The van der Waals surface area contributed by atoms with Crippen LogP contribution in [0.2, 0.25) is 5.02 Å². The Labute approximate surface area is 126 Å². The zero-order chi connectivity index (χ0) is 15.1. The first-order valence-corrected chi connectivity index (χ1v) is 7.14. The van der Waals surface area contributed by atoms with Crippen molar-refractivity contribution in [1.82, 2.24) is 4.90 Å². The number of rotatable bonds is 4. The monoisotopic (exact) mass is 292 g/mol. The van der Waals surface area contributed by atoms with Gasteiger partial charge in [-0.1, -0.05) is 36.8 Å². The second-order valence-electron chi connectivity index (χ2n) is 4.75. The van der Waals surface area contributed by atoms with Gasteiger partial charge in [-0.25, -0.2) is 0 Å². The van der Waals surface area contributed by atoms with Crippen LogP contribution in [0.5, 0.6) is 0 Å². The highest BCUT2D eigenvalue weighted by Crippen LogP contribution is 2.19. The first-order chi connectivity index (χ1) is 9.51. The van der Waals surface area contributed by atoms with Crippen LogP contribution in [0.1, 0.15) is 42.6 Å². The predicted molar refractivity (Wildman–Crippen MR) is 83.8 cm³/mol. The number of nitrogens with zero attached hydrogens (tertiary/aromatic N) is 1. The predicted octanol–water partition coefficient (Wildman–Crippen LogP) is 2.91. The van der Waals surface area contributed by atoms with Crippen molar-refractivity contribution in [2.75, 3.05) is 13.6 Å². The van der Waals surface area contributed by atoms with E-state index in [4.69, 9.17) is 17.3 Å². The average Bonchev–Trinajstić information content (AvgIpc) is 2.44. The highest BCUT2D eigenvalue weighted by Gasteiger charge is 2.17. The lowest BCUT2D eigenvalue weighted by Gasteiger charge is -2.24. The third-order valence-corrected chi connectivity index (χ3v) is 3.54. The van der Waals surface area contributed by atoms with Gasteiger partial charge in [0.1, 0.15) is 0 Å². The Kier molecular flexibility index (Phi) is 6.57. The van der Waals surface area contributed by atoms with Crippen molar-refractivity contribution >= 4 is 17.5 Å². The van der Waals surface area contributed by atoms with Crippen molar-refractivity contribution in [2.45, 2.75) is 32.7 Å². The molecule has 108 valence electrons. The summed E-state index contributed by atoms with van der Waals surface area (Å²) in [6.07, 6.45) is 2.03. The zero-order valence-corrected chi connectivity index (χ0v) is 13.0. The topological polar surface area (TPSA) is 46.3 Å². The van der Waals surface area contributed by atoms with Crippen LogP contribution in [0.15, 0.2) is 18.2 Å². The van der Waals surface area contributed by atoms with E-state index in [-0.39, 0.29) is 18.5 Å². The number of amides is 1. The van der Waals surface area contributed by atoms with E-state index >= 15 is 0 Å². The van der Waals surface area contributed by atoms with Crippen LogP contribution < -0.4 is 5.73 Å². The van der Waals surface area contributed by atoms with Crippen molar-refractivity contribution < 1.29 is 4.79 Å². The van der Waals surface area contributed by atoms with Crippen molar-refractivity contribution in [3.05, 3.63) is 34.3 Å². The maximum absolute atomic E-state index is 12.3. The van der Waals surface area contributed by atoms with Crippen LogP contribution in [-0.4, -0.2) is 30.4 Å². The van der Waals surface area contributed by atoms with Crippen LogP contribution >= 0.6 is 11.6 Å².